The molecule has 0 aliphatic carbocycles. The number of amides is 1. The van der Waals surface area contributed by atoms with Crippen molar-refractivity contribution in [3.63, 3.8) is 0 Å². The molecule has 1 amide bonds. The van der Waals surface area contributed by atoms with Gasteiger partial charge in [-0.05, 0) is 19.3 Å². The summed E-state index contributed by atoms with van der Waals surface area (Å²) in [6.45, 7) is 2.81. The van der Waals surface area contributed by atoms with E-state index < -0.39 is 86.8 Å². The Morgan fingerprint density at radius 3 is 1.24 bits per heavy atom. The molecule has 0 saturated carbocycles. The van der Waals surface area contributed by atoms with Crippen molar-refractivity contribution in [2.75, 3.05) is 19.8 Å². The lowest BCUT2D eigenvalue weighted by atomic mass is 9.97. The van der Waals surface area contributed by atoms with Gasteiger partial charge in [0.25, 0.3) is 0 Å². The summed E-state index contributed by atoms with van der Waals surface area (Å²) in [5, 5.41) is 87.0. The van der Waals surface area contributed by atoms with Crippen LogP contribution >= 0.6 is 0 Å². The van der Waals surface area contributed by atoms with Gasteiger partial charge in [-0.3, -0.25) is 4.79 Å². The van der Waals surface area contributed by atoms with E-state index in [1.807, 2.05) is 6.08 Å². The van der Waals surface area contributed by atoms with Gasteiger partial charge in [-0.2, -0.15) is 0 Å². The quantitative estimate of drug-likeness (QED) is 0.0204. The van der Waals surface area contributed by atoms with Crippen molar-refractivity contribution in [3.8, 4) is 0 Å². The second-order valence-electron chi connectivity index (χ2n) is 22.2. The summed E-state index contributed by atoms with van der Waals surface area (Å²) in [6, 6.07) is -0.908. The highest BCUT2D eigenvalue weighted by atomic mass is 16.7. The molecule has 2 fully saturated rings. The molecule has 2 aliphatic rings. The lowest BCUT2D eigenvalue weighted by molar-refractivity contribution is -0.359. The first-order chi connectivity index (χ1) is 36.1. The van der Waals surface area contributed by atoms with Crippen LogP contribution in [-0.4, -0.2) is 140 Å². The van der Waals surface area contributed by atoms with E-state index in [0.717, 1.165) is 38.5 Å². The van der Waals surface area contributed by atoms with Gasteiger partial charge >= 0.3 is 0 Å². The number of hydrogen-bond acceptors (Lipinski definition) is 13. The van der Waals surface area contributed by atoms with Gasteiger partial charge in [0.15, 0.2) is 12.6 Å². The fourth-order valence-electron chi connectivity index (χ4n) is 10.5. The molecule has 2 heterocycles. The first kappa shape index (κ1) is 68.8. The predicted molar refractivity (Wildman–Crippen MR) is 295 cm³/mol. The normalized spacial score (nSPS) is 25.2. The molecule has 14 nitrogen and oxygen atoms in total. The summed E-state index contributed by atoms with van der Waals surface area (Å²) in [6.07, 6.45) is 37.0. The van der Waals surface area contributed by atoms with Gasteiger partial charge in [0.05, 0.1) is 32.0 Å². The monoisotopic (exact) mass is 1060 g/mol. The highest BCUT2D eigenvalue weighted by Gasteiger charge is 2.51. The molecule has 0 bridgehead atoms. The molecule has 0 aromatic heterocycles. The minimum absolute atomic E-state index is 0.234. The first-order valence-corrected chi connectivity index (χ1v) is 30.9. The van der Waals surface area contributed by atoms with Gasteiger partial charge in [0.1, 0.15) is 48.8 Å². The van der Waals surface area contributed by atoms with Crippen molar-refractivity contribution in [3.05, 3.63) is 12.2 Å². The van der Waals surface area contributed by atoms with Crippen molar-refractivity contribution in [2.45, 2.75) is 344 Å². The fraction of sp³-hybridized carbons (Fsp3) is 0.950. The van der Waals surface area contributed by atoms with E-state index in [0.29, 0.717) is 6.42 Å². The second kappa shape index (κ2) is 46.6. The average molecular weight is 1060 g/mol. The molecule has 12 atom stereocenters. The third kappa shape index (κ3) is 32.0. The average Bonchev–Trinajstić information content (AvgIpc) is 3.40. The summed E-state index contributed by atoms with van der Waals surface area (Å²) in [5.74, 6) is -0.234. The Morgan fingerprint density at radius 1 is 0.473 bits per heavy atom. The Balaban J connectivity index is 1.66. The third-order valence-corrected chi connectivity index (χ3v) is 15.5. The van der Waals surface area contributed by atoms with Crippen LogP contribution in [-0.2, 0) is 23.7 Å². The maximum absolute atomic E-state index is 13.2. The van der Waals surface area contributed by atoms with Crippen LogP contribution in [0.1, 0.15) is 271 Å². The number of aliphatic hydroxyl groups excluding tert-OH is 8. The topological polar surface area (TPSA) is 228 Å². The van der Waals surface area contributed by atoms with Crippen molar-refractivity contribution in [2.24, 2.45) is 0 Å². The zero-order valence-corrected chi connectivity index (χ0v) is 47.1. The maximum Gasteiger partial charge on any atom is 0.220 e. The summed E-state index contributed by atoms with van der Waals surface area (Å²) in [4.78, 5) is 13.2. The van der Waals surface area contributed by atoms with Crippen LogP contribution in [0.25, 0.3) is 0 Å². The van der Waals surface area contributed by atoms with Crippen molar-refractivity contribution < 1.29 is 64.6 Å². The number of hydrogen-bond donors (Lipinski definition) is 9. The van der Waals surface area contributed by atoms with Crippen LogP contribution in [0.15, 0.2) is 12.2 Å². The smallest absolute Gasteiger partial charge is 0.220 e. The van der Waals surface area contributed by atoms with Gasteiger partial charge in [0.2, 0.25) is 5.91 Å². The van der Waals surface area contributed by atoms with Gasteiger partial charge in [-0.1, -0.05) is 257 Å². The van der Waals surface area contributed by atoms with E-state index in [-0.39, 0.29) is 18.9 Å². The molecule has 9 N–H and O–H groups in total. The van der Waals surface area contributed by atoms with Crippen molar-refractivity contribution >= 4 is 5.91 Å². The Kier molecular flexibility index (Phi) is 43.4. The van der Waals surface area contributed by atoms with Gasteiger partial charge in [-0.15, -0.1) is 0 Å². The molecule has 2 rings (SSSR count). The van der Waals surface area contributed by atoms with Crippen LogP contribution in [0.5, 0.6) is 0 Å². The number of carbonyl (C=O) groups is 1. The minimum Gasteiger partial charge on any atom is -0.394 e. The molecule has 2 aliphatic heterocycles. The lowest BCUT2D eigenvalue weighted by Gasteiger charge is -2.46. The molecule has 12 unspecified atom stereocenters. The summed E-state index contributed by atoms with van der Waals surface area (Å²) in [5.41, 5.74) is 0. The Labute approximate surface area is 450 Å². The van der Waals surface area contributed by atoms with Crippen molar-refractivity contribution in [1.82, 2.24) is 5.32 Å². The SMILES string of the molecule is CCCCCCCCCCCC/C=C/C(O)C(COC1OC(CO)C(OC2OC(CO)C(O)C(O)C2O)C(O)C1O)NC(=O)CCCCCCCCCCCCCCCCCCCCCCCCCCCCCC. The van der Waals surface area contributed by atoms with E-state index in [4.69, 9.17) is 18.9 Å². The van der Waals surface area contributed by atoms with Crippen LogP contribution in [0.2, 0.25) is 0 Å². The molecule has 0 radical (unpaired) electrons. The van der Waals surface area contributed by atoms with E-state index >= 15 is 0 Å². The zero-order valence-electron chi connectivity index (χ0n) is 47.1. The lowest BCUT2D eigenvalue weighted by Crippen LogP contribution is -2.65. The Bertz CT molecular complexity index is 1290. The van der Waals surface area contributed by atoms with Crippen molar-refractivity contribution in [1.29, 1.82) is 0 Å². The predicted octanol–water partition coefficient (Wildman–Crippen LogP) is 10.7. The van der Waals surface area contributed by atoms with Crippen LogP contribution in [0.4, 0.5) is 0 Å². The maximum atomic E-state index is 13.2. The molecule has 2 saturated heterocycles. The third-order valence-electron chi connectivity index (χ3n) is 15.5. The minimum atomic E-state index is -1.78. The van der Waals surface area contributed by atoms with E-state index in [1.165, 1.54) is 205 Å². The number of unbranched alkanes of at least 4 members (excludes halogenated alkanes) is 37. The number of nitrogens with one attached hydrogen (secondary N) is 1. The summed E-state index contributed by atoms with van der Waals surface area (Å²) in [7, 11) is 0. The number of allylic oxidation sites excluding steroid dienone is 1. The highest BCUT2D eigenvalue weighted by Crippen LogP contribution is 2.30. The number of ether oxygens (including phenoxy) is 4. The molecular formula is C60H115NO13. The standard InChI is InChI=1S/C60H115NO13/c1-3-5-7-9-11-13-15-17-18-19-20-21-22-23-24-25-26-27-28-29-30-31-32-34-36-38-40-42-44-52(65)61-48(49(64)43-41-39-37-35-33-16-14-12-10-8-6-4-2)47-71-59-57(70)55(68)58(51(46-63)73-59)74-60-56(69)54(67)53(66)50(45-62)72-60/h41,43,48-51,53-60,62-64,66-70H,3-40,42,44-47H2,1-2H3,(H,61,65)/b43-41+. The molecule has 0 spiro atoms. The fourth-order valence-corrected chi connectivity index (χ4v) is 10.5. The van der Waals surface area contributed by atoms with E-state index in [2.05, 4.69) is 19.2 Å². The van der Waals surface area contributed by atoms with Gasteiger partial charge in [0, 0.05) is 6.42 Å². The number of rotatable bonds is 50. The summed E-state index contributed by atoms with van der Waals surface area (Å²) < 4.78 is 22.8. The van der Waals surface area contributed by atoms with Gasteiger partial charge in [-0.25, -0.2) is 0 Å². The van der Waals surface area contributed by atoms with E-state index in [1.54, 1.807) is 6.08 Å². The van der Waals surface area contributed by atoms with Crippen LogP contribution in [0.3, 0.4) is 0 Å². The molecule has 14 heteroatoms. The molecule has 438 valence electrons. The van der Waals surface area contributed by atoms with Gasteiger partial charge < -0.3 is 65.1 Å². The molecular weight excluding hydrogens is 943 g/mol. The van der Waals surface area contributed by atoms with Crippen LogP contribution < -0.4 is 5.32 Å². The Morgan fingerprint density at radius 2 is 0.838 bits per heavy atom. The Hall–Kier alpha value is -1.27. The molecule has 74 heavy (non-hydrogen) atoms. The van der Waals surface area contributed by atoms with Crippen LogP contribution in [0, 0.1) is 0 Å². The van der Waals surface area contributed by atoms with E-state index in [9.17, 15) is 45.6 Å². The molecule has 0 aromatic rings. The number of carbonyl (C=O) groups excluding carboxylic acids is 1. The summed E-state index contributed by atoms with van der Waals surface area (Å²) >= 11 is 0. The molecule has 0 aromatic carbocycles. The highest BCUT2D eigenvalue weighted by molar-refractivity contribution is 5.76. The second-order valence-corrected chi connectivity index (χ2v) is 22.2. The zero-order chi connectivity index (χ0) is 53.9. The first-order valence-electron chi connectivity index (χ1n) is 30.9. The largest absolute Gasteiger partial charge is 0.394 e. The number of aliphatic hydroxyl groups is 8.